The molecule has 2 rings (SSSR count). The van der Waals surface area contributed by atoms with Crippen molar-refractivity contribution >= 4 is 5.97 Å². The van der Waals surface area contributed by atoms with Gasteiger partial charge in [0.2, 0.25) is 0 Å². The maximum Gasteiger partial charge on any atom is 0.354 e. The molecule has 2 aromatic rings. The number of rotatable bonds is 6. The Hall–Kier alpha value is -2.11. The zero-order valence-electron chi connectivity index (χ0n) is 12.1. The van der Waals surface area contributed by atoms with Gasteiger partial charge in [0, 0.05) is 12.7 Å². The fourth-order valence-electron chi connectivity index (χ4n) is 2.00. The molecule has 0 aliphatic rings. The van der Waals surface area contributed by atoms with E-state index in [-0.39, 0.29) is 5.97 Å². The molecule has 0 N–H and O–H groups in total. The number of esters is 1. The van der Waals surface area contributed by atoms with Crippen LogP contribution in [-0.2, 0) is 17.8 Å². The highest BCUT2D eigenvalue weighted by Crippen LogP contribution is 2.09. The van der Waals surface area contributed by atoms with Crippen LogP contribution in [0.4, 0.5) is 0 Å². The lowest BCUT2D eigenvalue weighted by Crippen LogP contribution is -2.16. The van der Waals surface area contributed by atoms with E-state index in [0.717, 1.165) is 12.4 Å². The maximum absolute atomic E-state index is 11.8. The Balaban J connectivity index is 2.17. The molecule has 0 aromatic carbocycles. The van der Waals surface area contributed by atoms with E-state index >= 15 is 0 Å². The summed E-state index contributed by atoms with van der Waals surface area (Å²) >= 11 is 0. The Morgan fingerprint density at radius 3 is 2.95 bits per heavy atom. The van der Waals surface area contributed by atoms with Crippen LogP contribution < -0.4 is 0 Å². The first kappa shape index (κ1) is 14.3. The standard InChI is InChI=1S/C14H20N4O2/c1-4-20-14(19)12-6-5-7-17(12)9-13-15-10-16-18(13)8-11(2)3/h5-7,10-11H,4,8-9H2,1-3H3. The lowest BCUT2D eigenvalue weighted by atomic mass is 10.2. The van der Waals surface area contributed by atoms with Gasteiger partial charge in [0.15, 0.2) is 0 Å². The fourth-order valence-corrected chi connectivity index (χ4v) is 2.00. The van der Waals surface area contributed by atoms with Crippen molar-refractivity contribution in [3.63, 3.8) is 0 Å². The van der Waals surface area contributed by atoms with Crippen LogP contribution in [-0.4, -0.2) is 31.9 Å². The van der Waals surface area contributed by atoms with Gasteiger partial charge >= 0.3 is 5.97 Å². The molecular weight excluding hydrogens is 256 g/mol. The maximum atomic E-state index is 11.8. The number of hydrogen-bond acceptors (Lipinski definition) is 4. The van der Waals surface area contributed by atoms with E-state index in [1.165, 1.54) is 0 Å². The van der Waals surface area contributed by atoms with Crippen LogP contribution in [0.2, 0.25) is 0 Å². The fraction of sp³-hybridized carbons (Fsp3) is 0.500. The Kier molecular flexibility index (Phi) is 4.55. The first-order valence-electron chi connectivity index (χ1n) is 6.80. The summed E-state index contributed by atoms with van der Waals surface area (Å²) in [5.74, 6) is 1.01. The zero-order valence-corrected chi connectivity index (χ0v) is 12.1. The molecule has 0 radical (unpaired) electrons. The second-order valence-corrected chi connectivity index (χ2v) is 4.99. The van der Waals surface area contributed by atoms with Crippen LogP contribution in [0.5, 0.6) is 0 Å². The number of carbonyl (C=O) groups excluding carboxylic acids is 1. The van der Waals surface area contributed by atoms with Gasteiger partial charge in [0.25, 0.3) is 0 Å². The van der Waals surface area contributed by atoms with Crippen molar-refractivity contribution in [3.05, 3.63) is 36.2 Å². The van der Waals surface area contributed by atoms with Gasteiger partial charge in [-0.3, -0.25) is 0 Å². The van der Waals surface area contributed by atoms with Gasteiger partial charge in [-0.05, 0) is 25.0 Å². The molecule has 20 heavy (non-hydrogen) atoms. The Morgan fingerprint density at radius 1 is 1.45 bits per heavy atom. The van der Waals surface area contributed by atoms with Crippen LogP contribution in [0, 0.1) is 5.92 Å². The molecule has 0 unspecified atom stereocenters. The minimum Gasteiger partial charge on any atom is -0.461 e. The molecule has 0 saturated carbocycles. The van der Waals surface area contributed by atoms with Gasteiger partial charge in [-0.15, -0.1) is 0 Å². The monoisotopic (exact) mass is 276 g/mol. The van der Waals surface area contributed by atoms with Crippen molar-refractivity contribution in [2.75, 3.05) is 6.61 Å². The molecule has 0 fully saturated rings. The van der Waals surface area contributed by atoms with Crippen molar-refractivity contribution < 1.29 is 9.53 Å². The van der Waals surface area contributed by atoms with Gasteiger partial charge in [-0.2, -0.15) is 5.10 Å². The first-order chi connectivity index (χ1) is 9.61. The van der Waals surface area contributed by atoms with Crippen LogP contribution in [0.15, 0.2) is 24.7 Å². The van der Waals surface area contributed by atoms with Gasteiger partial charge in [0.05, 0.1) is 13.2 Å². The molecule has 0 saturated heterocycles. The van der Waals surface area contributed by atoms with Crippen molar-refractivity contribution in [3.8, 4) is 0 Å². The van der Waals surface area contributed by atoms with E-state index in [2.05, 4.69) is 23.9 Å². The molecule has 0 amide bonds. The van der Waals surface area contributed by atoms with Crippen molar-refractivity contribution in [1.82, 2.24) is 19.3 Å². The Labute approximate surface area is 118 Å². The lowest BCUT2D eigenvalue weighted by molar-refractivity contribution is 0.0514. The molecule has 0 aliphatic heterocycles. The summed E-state index contributed by atoms with van der Waals surface area (Å²) in [6, 6.07) is 3.58. The molecule has 2 aromatic heterocycles. The minimum absolute atomic E-state index is 0.313. The molecule has 2 heterocycles. The summed E-state index contributed by atoms with van der Waals surface area (Å²) < 4.78 is 8.75. The second kappa shape index (κ2) is 6.36. The van der Waals surface area contributed by atoms with E-state index in [1.54, 1.807) is 19.3 Å². The Bertz CT molecular complexity index is 571. The Morgan fingerprint density at radius 2 is 2.25 bits per heavy atom. The number of hydrogen-bond donors (Lipinski definition) is 0. The van der Waals surface area contributed by atoms with Gasteiger partial charge in [-0.25, -0.2) is 14.5 Å². The van der Waals surface area contributed by atoms with E-state index in [1.807, 2.05) is 21.5 Å². The molecule has 6 nitrogen and oxygen atoms in total. The van der Waals surface area contributed by atoms with Crippen LogP contribution in [0.25, 0.3) is 0 Å². The molecule has 0 atom stereocenters. The van der Waals surface area contributed by atoms with Gasteiger partial charge in [-0.1, -0.05) is 13.8 Å². The lowest BCUT2D eigenvalue weighted by Gasteiger charge is -2.11. The van der Waals surface area contributed by atoms with Crippen LogP contribution in [0.3, 0.4) is 0 Å². The van der Waals surface area contributed by atoms with Crippen molar-refractivity contribution in [1.29, 1.82) is 0 Å². The summed E-state index contributed by atoms with van der Waals surface area (Å²) in [4.78, 5) is 16.1. The summed E-state index contributed by atoms with van der Waals surface area (Å²) in [5.41, 5.74) is 0.533. The molecule has 0 spiro atoms. The predicted molar refractivity (Wildman–Crippen MR) is 74.4 cm³/mol. The SMILES string of the molecule is CCOC(=O)c1cccn1Cc1ncnn1CC(C)C. The topological polar surface area (TPSA) is 61.9 Å². The third-order valence-electron chi connectivity index (χ3n) is 2.86. The first-order valence-corrected chi connectivity index (χ1v) is 6.80. The largest absolute Gasteiger partial charge is 0.461 e. The number of nitrogens with zero attached hydrogens (tertiary/aromatic N) is 4. The normalized spacial score (nSPS) is 11.0. The van der Waals surface area contributed by atoms with E-state index in [4.69, 9.17) is 4.74 Å². The zero-order chi connectivity index (χ0) is 14.5. The molecule has 0 bridgehead atoms. The third-order valence-corrected chi connectivity index (χ3v) is 2.86. The molecule has 108 valence electrons. The average molecular weight is 276 g/mol. The molecule has 6 heteroatoms. The van der Waals surface area contributed by atoms with Crippen LogP contribution >= 0.6 is 0 Å². The third kappa shape index (κ3) is 3.26. The number of carbonyl (C=O) groups is 1. The highest BCUT2D eigenvalue weighted by atomic mass is 16.5. The number of ether oxygens (including phenoxy) is 1. The highest BCUT2D eigenvalue weighted by molar-refractivity contribution is 5.87. The molecular formula is C14H20N4O2. The van der Waals surface area contributed by atoms with Gasteiger partial charge in [0.1, 0.15) is 17.8 Å². The summed E-state index contributed by atoms with van der Waals surface area (Å²) in [5, 5.41) is 4.22. The summed E-state index contributed by atoms with van der Waals surface area (Å²) in [6.45, 7) is 7.74. The second-order valence-electron chi connectivity index (χ2n) is 4.99. The van der Waals surface area contributed by atoms with Crippen LogP contribution in [0.1, 0.15) is 37.1 Å². The number of aromatic nitrogens is 4. The minimum atomic E-state index is -0.313. The predicted octanol–water partition coefficient (Wildman–Crippen LogP) is 1.96. The molecule has 0 aliphatic carbocycles. The van der Waals surface area contributed by atoms with Crippen molar-refractivity contribution in [2.45, 2.75) is 33.9 Å². The van der Waals surface area contributed by atoms with E-state index in [0.29, 0.717) is 24.8 Å². The summed E-state index contributed by atoms with van der Waals surface area (Å²) in [6.07, 6.45) is 3.39. The average Bonchev–Trinajstić information content (AvgIpc) is 3.00. The smallest absolute Gasteiger partial charge is 0.354 e. The van der Waals surface area contributed by atoms with Crippen molar-refractivity contribution in [2.24, 2.45) is 5.92 Å². The van der Waals surface area contributed by atoms with E-state index in [9.17, 15) is 4.79 Å². The van der Waals surface area contributed by atoms with E-state index < -0.39 is 0 Å². The highest BCUT2D eigenvalue weighted by Gasteiger charge is 2.14. The quantitative estimate of drug-likeness (QED) is 0.757. The summed E-state index contributed by atoms with van der Waals surface area (Å²) in [7, 11) is 0. The van der Waals surface area contributed by atoms with Gasteiger partial charge < -0.3 is 9.30 Å².